The van der Waals surface area contributed by atoms with Crippen LogP contribution in [0.25, 0.3) is 0 Å². The maximum Gasteiger partial charge on any atom is 0.472 e. The molecule has 4 N–H and O–H groups in total. The van der Waals surface area contributed by atoms with Gasteiger partial charge >= 0.3 is 15.6 Å². The van der Waals surface area contributed by atoms with Gasteiger partial charge in [0, 0.05) is 33.8 Å². The van der Waals surface area contributed by atoms with Crippen LogP contribution in [0, 0.1) is 0 Å². The molecule has 3 atom stereocenters. The molecule has 0 aromatic rings. The molecule has 12 nitrogen and oxygen atoms in total. The quantitative estimate of drug-likeness (QED) is 0.115. The number of phosphoric ester groups is 2. The van der Waals surface area contributed by atoms with Crippen molar-refractivity contribution in [2.45, 2.75) is 70.3 Å². The molecule has 0 saturated heterocycles. The largest absolute Gasteiger partial charge is 0.472 e. The lowest BCUT2D eigenvalue weighted by molar-refractivity contribution is -0.121. The molecule has 1 amide bonds. The highest BCUT2D eigenvalue weighted by Crippen LogP contribution is 2.42. The Morgan fingerprint density at radius 1 is 0.788 bits per heavy atom. The fourth-order valence-electron chi connectivity index (χ4n) is 2.67. The molecule has 0 aromatic heterocycles. The van der Waals surface area contributed by atoms with Gasteiger partial charge in [0.15, 0.2) is 0 Å². The summed E-state index contributed by atoms with van der Waals surface area (Å²) in [6.45, 7) is 0.585. The first-order valence-corrected chi connectivity index (χ1v) is 14.2. The molecule has 0 aromatic carbocycles. The van der Waals surface area contributed by atoms with Crippen molar-refractivity contribution in [3.8, 4) is 0 Å². The Morgan fingerprint density at radius 3 is 1.94 bits per heavy atom. The van der Waals surface area contributed by atoms with Crippen LogP contribution in [0.1, 0.15) is 64.2 Å². The van der Waals surface area contributed by atoms with Crippen LogP contribution in [0.15, 0.2) is 0 Å². The maximum absolute atomic E-state index is 11.8. The van der Waals surface area contributed by atoms with E-state index >= 15 is 0 Å². The third-order valence-corrected chi connectivity index (χ3v) is 6.45. The molecule has 198 valence electrons. The van der Waals surface area contributed by atoms with Crippen molar-refractivity contribution in [1.82, 2.24) is 5.32 Å². The summed E-state index contributed by atoms with van der Waals surface area (Å²) < 4.78 is 45.2. The van der Waals surface area contributed by atoms with Crippen LogP contribution in [0.3, 0.4) is 0 Å². The van der Waals surface area contributed by atoms with Crippen LogP contribution in [0.5, 0.6) is 0 Å². The molecule has 0 rings (SSSR count). The van der Waals surface area contributed by atoms with E-state index in [2.05, 4.69) is 18.9 Å². The van der Waals surface area contributed by atoms with E-state index < -0.39 is 21.7 Å². The average molecular weight is 521 g/mol. The van der Waals surface area contributed by atoms with Gasteiger partial charge in [0.1, 0.15) is 6.10 Å². The first kappa shape index (κ1) is 32.6. The fraction of sp³-hybridized carbons (Fsp3) is 0.947. The van der Waals surface area contributed by atoms with Gasteiger partial charge in [-0.25, -0.2) is 9.13 Å². The third-order valence-electron chi connectivity index (χ3n) is 4.54. The van der Waals surface area contributed by atoms with Crippen LogP contribution in [-0.4, -0.2) is 74.1 Å². The van der Waals surface area contributed by atoms with Crippen LogP contribution >= 0.6 is 15.6 Å². The van der Waals surface area contributed by atoms with E-state index in [1.54, 1.807) is 0 Å². The van der Waals surface area contributed by atoms with E-state index in [-0.39, 0.29) is 25.7 Å². The van der Waals surface area contributed by atoms with Crippen LogP contribution in [0.2, 0.25) is 0 Å². The second kappa shape index (κ2) is 19.9. The average Bonchev–Trinajstić information content (AvgIpc) is 2.78. The number of unbranched alkanes of at least 4 members (excludes halogenated alkanes) is 7. The Morgan fingerprint density at radius 2 is 1.33 bits per heavy atom. The summed E-state index contributed by atoms with van der Waals surface area (Å²) in [6.07, 6.45) is 7.77. The van der Waals surface area contributed by atoms with Crippen molar-refractivity contribution in [1.29, 1.82) is 0 Å². The Kier molecular flexibility index (Phi) is 19.6. The molecular formula is C19H41NO11P2. The van der Waals surface area contributed by atoms with Crippen molar-refractivity contribution in [2.24, 2.45) is 0 Å². The summed E-state index contributed by atoms with van der Waals surface area (Å²) in [5.74, 6) is -0.000991. The predicted octanol–water partition coefficient (Wildman–Crippen LogP) is 2.91. The molecule has 33 heavy (non-hydrogen) atoms. The van der Waals surface area contributed by atoms with Crippen LogP contribution < -0.4 is 5.32 Å². The topological polar surface area (TPSA) is 170 Å². The highest BCUT2D eigenvalue weighted by molar-refractivity contribution is 7.47. The molecule has 14 heteroatoms. The van der Waals surface area contributed by atoms with Crippen molar-refractivity contribution in [3.05, 3.63) is 0 Å². The number of aliphatic hydroxyl groups is 1. The lowest BCUT2D eigenvalue weighted by atomic mass is 10.1. The molecule has 0 bridgehead atoms. The van der Waals surface area contributed by atoms with Crippen molar-refractivity contribution in [3.63, 3.8) is 0 Å². The molecule has 0 aliphatic rings. The zero-order valence-electron chi connectivity index (χ0n) is 19.7. The molecule has 0 heterocycles. The molecule has 0 aliphatic heterocycles. The number of carbonyl (C=O) groups is 1. The number of amides is 1. The Labute approximate surface area is 196 Å². The number of nitrogens with one attached hydrogen (secondary N) is 1. The van der Waals surface area contributed by atoms with Crippen molar-refractivity contribution >= 4 is 21.6 Å². The van der Waals surface area contributed by atoms with Gasteiger partial charge in [0.2, 0.25) is 5.91 Å². The number of aliphatic hydroxyl groups excluding tert-OH is 1. The predicted molar refractivity (Wildman–Crippen MR) is 122 cm³/mol. The Hall–Kier alpha value is -0.390. The summed E-state index contributed by atoms with van der Waals surface area (Å²) in [4.78, 5) is 29.9. The van der Waals surface area contributed by atoms with Gasteiger partial charge < -0.3 is 24.9 Å². The van der Waals surface area contributed by atoms with E-state index in [4.69, 9.17) is 19.0 Å². The van der Waals surface area contributed by atoms with Gasteiger partial charge in [-0.3, -0.25) is 22.9 Å². The maximum atomic E-state index is 11.8. The zero-order chi connectivity index (χ0) is 25.0. The Bertz CT molecular complexity index is 594. The number of hydrogen-bond acceptors (Lipinski definition) is 9. The number of rotatable bonds is 23. The minimum absolute atomic E-state index is 0.000991. The number of hydrogen-bond donors (Lipinski definition) is 4. The van der Waals surface area contributed by atoms with Crippen LogP contribution in [-0.2, 0) is 36.8 Å². The molecule has 0 saturated carbocycles. The molecule has 3 unspecified atom stereocenters. The molecule has 0 radical (unpaired) electrons. The van der Waals surface area contributed by atoms with E-state index in [1.807, 2.05) is 0 Å². The van der Waals surface area contributed by atoms with Crippen molar-refractivity contribution in [2.75, 3.05) is 47.2 Å². The fourth-order valence-corrected chi connectivity index (χ4v) is 3.60. The van der Waals surface area contributed by atoms with E-state index in [0.29, 0.717) is 26.0 Å². The number of phosphoric acid groups is 2. The van der Waals surface area contributed by atoms with Gasteiger partial charge in [-0.1, -0.05) is 38.5 Å². The first-order chi connectivity index (χ1) is 15.6. The highest BCUT2D eigenvalue weighted by Gasteiger charge is 2.20. The van der Waals surface area contributed by atoms with E-state index in [9.17, 15) is 19.0 Å². The molecule has 0 spiro atoms. The highest BCUT2D eigenvalue weighted by atomic mass is 31.2. The van der Waals surface area contributed by atoms with Gasteiger partial charge in [0.25, 0.3) is 0 Å². The SMILES string of the molecule is COP(=O)(O)OCCCCCCCCCCC(=O)NCCCOCC(O)COP(=O)(O)OC. The standard InChI is InChI=1S/C19H41NO11P2/c1-27-32(23,24)30-15-10-8-6-4-3-5-7-9-12-19(22)20-13-11-14-29-16-18(21)17-31-33(25,26)28-2/h18,21H,3-17H2,1-2H3,(H,20,22)(H,23,24)(H,25,26). The number of ether oxygens (including phenoxy) is 1. The second-order valence-electron chi connectivity index (χ2n) is 7.44. The summed E-state index contributed by atoms with van der Waals surface area (Å²) in [5, 5.41) is 12.4. The van der Waals surface area contributed by atoms with Gasteiger partial charge in [-0.2, -0.15) is 0 Å². The minimum atomic E-state index is -4.10. The van der Waals surface area contributed by atoms with Crippen LogP contribution in [0.4, 0.5) is 0 Å². The van der Waals surface area contributed by atoms with Gasteiger partial charge in [-0.05, 0) is 19.3 Å². The van der Waals surface area contributed by atoms with E-state index in [1.165, 1.54) is 0 Å². The number of carbonyl (C=O) groups excluding carboxylic acids is 1. The molecule has 0 aliphatic carbocycles. The monoisotopic (exact) mass is 521 g/mol. The summed E-state index contributed by atoms with van der Waals surface area (Å²) in [5.41, 5.74) is 0. The molecule has 0 fully saturated rings. The van der Waals surface area contributed by atoms with Crippen molar-refractivity contribution < 1.29 is 51.6 Å². The minimum Gasteiger partial charge on any atom is -0.388 e. The summed E-state index contributed by atoms with van der Waals surface area (Å²) >= 11 is 0. The van der Waals surface area contributed by atoms with Gasteiger partial charge in [0.05, 0.1) is 19.8 Å². The lowest BCUT2D eigenvalue weighted by Crippen LogP contribution is -2.26. The zero-order valence-corrected chi connectivity index (χ0v) is 21.5. The molecular weight excluding hydrogens is 480 g/mol. The first-order valence-electron chi connectivity index (χ1n) is 11.2. The smallest absolute Gasteiger partial charge is 0.388 e. The third kappa shape index (κ3) is 21.9. The van der Waals surface area contributed by atoms with Gasteiger partial charge in [-0.15, -0.1) is 0 Å². The normalized spacial score (nSPS) is 16.2. The Balaban J connectivity index is 3.40. The summed E-state index contributed by atoms with van der Waals surface area (Å²) in [7, 11) is -5.78. The summed E-state index contributed by atoms with van der Waals surface area (Å²) in [6, 6.07) is 0. The second-order valence-corrected chi connectivity index (χ2v) is 10.6. The lowest BCUT2D eigenvalue weighted by Gasteiger charge is -2.14. The van der Waals surface area contributed by atoms with E-state index in [0.717, 1.165) is 65.6 Å².